The van der Waals surface area contributed by atoms with Crippen molar-refractivity contribution in [1.29, 1.82) is 0 Å². The lowest BCUT2D eigenvalue weighted by molar-refractivity contribution is -0.123. The molecule has 0 radical (unpaired) electrons. The van der Waals surface area contributed by atoms with Crippen LogP contribution in [0.1, 0.15) is 18.1 Å². The van der Waals surface area contributed by atoms with Crippen molar-refractivity contribution in [3.05, 3.63) is 87.1 Å². The molecule has 0 saturated carbocycles. The van der Waals surface area contributed by atoms with Gasteiger partial charge in [-0.2, -0.15) is 0 Å². The van der Waals surface area contributed by atoms with Crippen LogP contribution < -0.4 is 0 Å². The Morgan fingerprint density at radius 2 is 1.92 bits per heavy atom. The fourth-order valence-corrected chi connectivity index (χ4v) is 3.63. The van der Waals surface area contributed by atoms with Gasteiger partial charge in [0.1, 0.15) is 5.82 Å². The molecule has 2 amide bonds. The van der Waals surface area contributed by atoms with E-state index in [4.69, 9.17) is 11.6 Å². The van der Waals surface area contributed by atoms with Gasteiger partial charge in [0.2, 0.25) is 0 Å². The smallest absolute Gasteiger partial charge is 0.268 e. The summed E-state index contributed by atoms with van der Waals surface area (Å²) in [5.41, 5.74) is 2.40. The van der Waals surface area contributed by atoms with Crippen LogP contribution in [0.2, 0.25) is 5.02 Å². The number of carbonyl (C=O) groups excluding carboxylic acids is 2. The van der Waals surface area contributed by atoms with Crippen LogP contribution in [0.15, 0.2) is 65.1 Å². The van der Waals surface area contributed by atoms with Crippen LogP contribution in [-0.4, -0.2) is 16.0 Å². The SMILES string of the molecule is CC(=Cc1ccccc1)C=C1SC(=O)N(Cc2ccc(F)cc2Cl)C1=O. The second-order valence-corrected chi connectivity index (χ2v) is 7.20. The predicted octanol–water partition coefficient (Wildman–Crippen LogP) is 5.66. The van der Waals surface area contributed by atoms with Gasteiger partial charge in [-0.05, 0) is 53.6 Å². The van der Waals surface area contributed by atoms with Gasteiger partial charge in [0.05, 0.1) is 11.4 Å². The molecule has 3 nitrogen and oxygen atoms in total. The standard InChI is InChI=1S/C20H15ClFNO2S/c1-13(9-14-5-3-2-4-6-14)10-18-19(24)23(20(25)26-18)12-15-7-8-16(22)11-17(15)21/h2-11H,12H2,1H3. The molecule has 2 aromatic rings. The molecule has 132 valence electrons. The average Bonchev–Trinajstić information content (AvgIpc) is 2.85. The third-order valence-electron chi connectivity index (χ3n) is 3.77. The topological polar surface area (TPSA) is 37.4 Å². The van der Waals surface area contributed by atoms with Gasteiger partial charge in [-0.3, -0.25) is 14.5 Å². The first-order valence-corrected chi connectivity index (χ1v) is 9.06. The first kappa shape index (κ1) is 18.4. The van der Waals surface area contributed by atoms with Crippen LogP contribution in [0.4, 0.5) is 9.18 Å². The molecular formula is C20H15ClFNO2S. The van der Waals surface area contributed by atoms with E-state index in [-0.39, 0.29) is 22.7 Å². The molecule has 0 aromatic heterocycles. The lowest BCUT2D eigenvalue weighted by Gasteiger charge is -2.13. The van der Waals surface area contributed by atoms with Crippen molar-refractivity contribution in [3.8, 4) is 0 Å². The number of amides is 2. The Kier molecular flexibility index (Phi) is 5.59. The summed E-state index contributed by atoms with van der Waals surface area (Å²) in [5, 5.41) is -0.178. The summed E-state index contributed by atoms with van der Waals surface area (Å²) in [6.45, 7) is 1.89. The number of halogens is 2. The van der Waals surface area contributed by atoms with Crippen LogP contribution in [0.5, 0.6) is 0 Å². The highest BCUT2D eigenvalue weighted by Crippen LogP contribution is 2.33. The number of allylic oxidation sites excluding steroid dienone is 2. The predicted molar refractivity (Wildman–Crippen MR) is 103 cm³/mol. The van der Waals surface area contributed by atoms with Gasteiger partial charge >= 0.3 is 0 Å². The van der Waals surface area contributed by atoms with Gasteiger partial charge in [-0.25, -0.2) is 4.39 Å². The summed E-state index contributed by atoms with van der Waals surface area (Å²) < 4.78 is 13.1. The summed E-state index contributed by atoms with van der Waals surface area (Å²) in [4.78, 5) is 26.2. The Labute approximate surface area is 160 Å². The Morgan fingerprint density at radius 3 is 2.62 bits per heavy atom. The molecule has 26 heavy (non-hydrogen) atoms. The molecule has 1 saturated heterocycles. The van der Waals surface area contributed by atoms with Gasteiger partial charge in [0.15, 0.2) is 0 Å². The normalized spacial score (nSPS) is 16.7. The Morgan fingerprint density at radius 1 is 1.19 bits per heavy atom. The summed E-state index contributed by atoms with van der Waals surface area (Å²) in [6, 6.07) is 13.6. The summed E-state index contributed by atoms with van der Waals surface area (Å²) >= 11 is 6.88. The van der Waals surface area contributed by atoms with Crippen molar-refractivity contribution in [2.24, 2.45) is 0 Å². The van der Waals surface area contributed by atoms with E-state index in [1.54, 1.807) is 6.08 Å². The van der Waals surface area contributed by atoms with Gasteiger partial charge in [0, 0.05) is 5.02 Å². The minimum absolute atomic E-state index is 0.0164. The van der Waals surface area contributed by atoms with Gasteiger partial charge in [-0.1, -0.05) is 54.1 Å². The van der Waals surface area contributed by atoms with E-state index in [2.05, 4.69) is 0 Å². The molecule has 1 fully saturated rings. The molecule has 0 aliphatic carbocycles. The highest BCUT2D eigenvalue weighted by atomic mass is 35.5. The quantitative estimate of drug-likeness (QED) is 0.635. The molecule has 1 heterocycles. The number of hydrogen-bond acceptors (Lipinski definition) is 3. The number of benzene rings is 2. The lowest BCUT2D eigenvalue weighted by atomic mass is 10.1. The zero-order valence-electron chi connectivity index (χ0n) is 13.9. The van der Waals surface area contributed by atoms with Crippen LogP contribution in [0, 0.1) is 5.82 Å². The van der Waals surface area contributed by atoms with E-state index in [0.717, 1.165) is 27.8 Å². The summed E-state index contributed by atoms with van der Waals surface area (Å²) in [7, 11) is 0. The second kappa shape index (κ2) is 7.89. The Hall–Kier alpha value is -2.37. The molecule has 1 aliphatic rings. The van der Waals surface area contributed by atoms with Gasteiger partial charge in [-0.15, -0.1) is 0 Å². The third kappa shape index (κ3) is 4.23. The number of imide groups is 1. The molecule has 2 aromatic carbocycles. The van der Waals surface area contributed by atoms with Crippen molar-refractivity contribution in [3.63, 3.8) is 0 Å². The molecule has 0 unspecified atom stereocenters. The molecule has 3 rings (SSSR count). The molecular weight excluding hydrogens is 373 g/mol. The van der Waals surface area contributed by atoms with Crippen molar-refractivity contribution < 1.29 is 14.0 Å². The number of nitrogens with zero attached hydrogens (tertiary/aromatic N) is 1. The van der Waals surface area contributed by atoms with Crippen molar-refractivity contribution in [2.45, 2.75) is 13.5 Å². The number of rotatable bonds is 4. The molecule has 0 bridgehead atoms. The molecule has 6 heteroatoms. The summed E-state index contributed by atoms with van der Waals surface area (Å²) in [6.07, 6.45) is 3.63. The zero-order chi connectivity index (χ0) is 18.7. The van der Waals surface area contributed by atoms with Crippen molar-refractivity contribution in [2.75, 3.05) is 0 Å². The molecule has 0 atom stereocenters. The Balaban J connectivity index is 1.79. The monoisotopic (exact) mass is 387 g/mol. The second-order valence-electron chi connectivity index (χ2n) is 5.80. The highest BCUT2D eigenvalue weighted by Gasteiger charge is 2.35. The fraction of sp³-hybridized carbons (Fsp3) is 0.100. The van der Waals surface area contributed by atoms with Crippen molar-refractivity contribution >= 4 is 40.6 Å². The molecule has 0 N–H and O–H groups in total. The summed E-state index contributed by atoms with van der Waals surface area (Å²) in [5.74, 6) is -0.837. The number of carbonyl (C=O) groups is 2. The van der Waals surface area contributed by atoms with Crippen LogP contribution in [0.25, 0.3) is 6.08 Å². The first-order valence-electron chi connectivity index (χ1n) is 7.86. The number of hydrogen-bond donors (Lipinski definition) is 0. The van der Waals surface area contributed by atoms with Crippen LogP contribution in [-0.2, 0) is 11.3 Å². The minimum Gasteiger partial charge on any atom is -0.268 e. The van der Waals surface area contributed by atoms with Gasteiger partial charge < -0.3 is 0 Å². The maximum Gasteiger partial charge on any atom is 0.293 e. The van der Waals surface area contributed by atoms with E-state index in [1.165, 1.54) is 18.2 Å². The Bertz CT molecular complexity index is 925. The lowest BCUT2D eigenvalue weighted by Crippen LogP contribution is -2.27. The third-order valence-corrected chi connectivity index (χ3v) is 5.03. The largest absolute Gasteiger partial charge is 0.293 e. The van der Waals surface area contributed by atoms with Crippen LogP contribution in [0.3, 0.4) is 0 Å². The van der Waals surface area contributed by atoms with Crippen LogP contribution >= 0.6 is 23.4 Å². The average molecular weight is 388 g/mol. The van der Waals surface area contributed by atoms with Crippen molar-refractivity contribution in [1.82, 2.24) is 4.90 Å². The maximum atomic E-state index is 13.1. The highest BCUT2D eigenvalue weighted by molar-refractivity contribution is 8.18. The zero-order valence-corrected chi connectivity index (χ0v) is 15.5. The molecule has 1 aliphatic heterocycles. The van der Waals surface area contributed by atoms with E-state index in [9.17, 15) is 14.0 Å². The van der Waals surface area contributed by atoms with E-state index in [1.807, 2.05) is 43.3 Å². The van der Waals surface area contributed by atoms with E-state index >= 15 is 0 Å². The van der Waals surface area contributed by atoms with Gasteiger partial charge in [0.25, 0.3) is 11.1 Å². The molecule has 0 spiro atoms. The first-order chi connectivity index (χ1) is 12.4. The maximum absolute atomic E-state index is 13.1. The minimum atomic E-state index is -0.463. The fourth-order valence-electron chi connectivity index (χ4n) is 2.52. The van der Waals surface area contributed by atoms with E-state index in [0.29, 0.717) is 10.5 Å². The number of thioether (sulfide) groups is 1. The van der Waals surface area contributed by atoms with E-state index < -0.39 is 5.82 Å².